The highest BCUT2D eigenvalue weighted by Crippen LogP contribution is 2.42. The van der Waals surface area contributed by atoms with Crippen LogP contribution in [0.15, 0.2) is 42.5 Å². The molecule has 38 heavy (non-hydrogen) atoms. The van der Waals surface area contributed by atoms with E-state index in [9.17, 15) is 27.6 Å². The summed E-state index contributed by atoms with van der Waals surface area (Å²) in [7, 11) is 1.04. The zero-order chi connectivity index (χ0) is 28.4. The van der Waals surface area contributed by atoms with E-state index in [0.717, 1.165) is 18.7 Å². The van der Waals surface area contributed by atoms with Gasteiger partial charge in [-0.2, -0.15) is 13.2 Å². The molecule has 1 N–H and O–H groups in total. The van der Waals surface area contributed by atoms with Crippen LogP contribution in [0.4, 0.5) is 13.2 Å². The molecule has 0 spiro atoms. The van der Waals surface area contributed by atoms with Gasteiger partial charge in [-0.05, 0) is 59.6 Å². The summed E-state index contributed by atoms with van der Waals surface area (Å²) in [5.74, 6) is -2.35. The molecular formula is C28H32ClF3N2O4. The van der Waals surface area contributed by atoms with E-state index in [1.165, 1.54) is 0 Å². The van der Waals surface area contributed by atoms with Crippen molar-refractivity contribution in [3.05, 3.63) is 69.7 Å². The Morgan fingerprint density at radius 3 is 2.21 bits per heavy atom. The first-order valence-electron chi connectivity index (χ1n) is 12.3. The van der Waals surface area contributed by atoms with Crippen molar-refractivity contribution in [2.24, 2.45) is 11.3 Å². The van der Waals surface area contributed by atoms with Crippen LogP contribution in [0.2, 0.25) is 5.02 Å². The summed E-state index contributed by atoms with van der Waals surface area (Å²) in [5.41, 5.74) is -1.11. The van der Waals surface area contributed by atoms with Crippen molar-refractivity contribution in [3.8, 4) is 0 Å². The molecule has 2 aromatic carbocycles. The number of esters is 1. The first-order valence-corrected chi connectivity index (χ1v) is 12.7. The molecule has 1 aliphatic heterocycles. The predicted octanol–water partition coefficient (Wildman–Crippen LogP) is 5.94. The Labute approximate surface area is 225 Å². The Balaban J connectivity index is 1.81. The number of ether oxygens (including phenoxy) is 1. The number of carbonyl (C=O) groups is 3. The quantitative estimate of drug-likeness (QED) is 0.450. The Morgan fingerprint density at radius 1 is 1.08 bits per heavy atom. The van der Waals surface area contributed by atoms with Crippen LogP contribution in [0.5, 0.6) is 0 Å². The summed E-state index contributed by atoms with van der Waals surface area (Å²) in [5, 5.41) is 3.25. The molecule has 0 aromatic heterocycles. The van der Waals surface area contributed by atoms with Crippen molar-refractivity contribution in [2.45, 2.75) is 52.3 Å². The molecule has 0 radical (unpaired) electrons. The van der Waals surface area contributed by atoms with E-state index in [2.05, 4.69) is 23.9 Å². The number of alkyl halides is 3. The molecule has 3 rings (SSSR count). The smallest absolute Gasteiger partial charge is 0.416 e. The Morgan fingerprint density at radius 2 is 1.68 bits per heavy atom. The maximum atomic E-state index is 13.6. The number of nitrogens with one attached hydrogen (secondary N) is 1. The van der Waals surface area contributed by atoms with E-state index in [1.54, 1.807) is 18.7 Å². The predicted molar refractivity (Wildman–Crippen MR) is 138 cm³/mol. The first-order chi connectivity index (χ1) is 17.6. The van der Waals surface area contributed by atoms with Crippen molar-refractivity contribution in [2.75, 3.05) is 20.2 Å². The van der Waals surface area contributed by atoms with Gasteiger partial charge in [0.25, 0.3) is 5.91 Å². The van der Waals surface area contributed by atoms with Crippen molar-refractivity contribution in [1.29, 1.82) is 0 Å². The van der Waals surface area contributed by atoms with Crippen LogP contribution in [0, 0.1) is 11.3 Å². The summed E-state index contributed by atoms with van der Waals surface area (Å²) in [6.07, 6.45) is -4.08. The molecule has 2 aromatic rings. The Hall–Kier alpha value is -3.07. The summed E-state index contributed by atoms with van der Waals surface area (Å²) in [4.78, 5) is 40.3. The molecule has 0 bridgehead atoms. The average Bonchev–Trinajstić information content (AvgIpc) is 2.85. The summed E-state index contributed by atoms with van der Waals surface area (Å²) < 4.78 is 44.8. The number of hydrogen-bond donors (Lipinski definition) is 1. The Kier molecular flexibility index (Phi) is 8.81. The van der Waals surface area contributed by atoms with Crippen LogP contribution in [-0.2, 0) is 15.7 Å². The first kappa shape index (κ1) is 29.5. The molecule has 1 fully saturated rings. The highest BCUT2D eigenvalue weighted by atomic mass is 35.5. The van der Waals surface area contributed by atoms with Gasteiger partial charge in [0.2, 0.25) is 5.91 Å². The number of hydrogen-bond acceptors (Lipinski definition) is 4. The molecule has 1 saturated heterocycles. The average molecular weight is 553 g/mol. The van der Waals surface area contributed by atoms with Crippen LogP contribution < -0.4 is 5.32 Å². The molecule has 0 saturated carbocycles. The number of carbonyl (C=O) groups excluding carboxylic acids is 3. The minimum atomic E-state index is -4.79. The minimum absolute atomic E-state index is 0.192. The van der Waals surface area contributed by atoms with E-state index in [1.807, 2.05) is 24.3 Å². The monoisotopic (exact) mass is 552 g/mol. The molecule has 206 valence electrons. The van der Waals surface area contributed by atoms with Crippen LogP contribution in [0.3, 0.4) is 0 Å². The highest BCUT2D eigenvalue weighted by Gasteiger charge is 2.41. The van der Waals surface area contributed by atoms with Gasteiger partial charge in [-0.1, -0.05) is 51.4 Å². The SMILES string of the molecule is COC(=O)c1cc(C(=O)N[C@@H](C(=O)N2CCC(c3ccc(Cl)cc3)C(C)(C)C2)C(C)C)cc(C(F)(F)F)c1. The van der Waals surface area contributed by atoms with Crippen molar-refractivity contribution in [1.82, 2.24) is 10.2 Å². The van der Waals surface area contributed by atoms with Crippen LogP contribution in [0.25, 0.3) is 0 Å². The molecule has 2 atom stereocenters. The van der Waals surface area contributed by atoms with Gasteiger partial charge in [0.15, 0.2) is 0 Å². The second-order valence-electron chi connectivity index (χ2n) is 10.6. The lowest BCUT2D eigenvalue weighted by molar-refractivity contribution is -0.138. The zero-order valence-electron chi connectivity index (χ0n) is 22.0. The van der Waals surface area contributed by atoms with E-state index in [0.29, 0.717) is 36.7 Å². The maximum Gasteiger partial charge on any atom is 0.416 e. The van der Waals surface area contributed by atoms with Gasteiger partial charge in [0.1, 0.15) is 6.04 Å². The number of methoxy groups -OCH3 is 1. The molecular weight excluding hydrogens is 521 g/mol. The molecule has 1 unspecified atom stereocenters. The summed E-state index contributed by atoms with van der Waals surface area (Å²) >= 11 is 6.03. The molecule has 0 aliphatic carbocycles. The van der Waals surface area contributed by atoms with Crippen LogP contribution >= 0.6 is 11.6 Å². The topological polar surface area (TPSA) is 75.7 Å². The third-order valence-electron chi connectivity index (χ3n) is 6.98. The van der Waals surface area contributed by atoms with Crippen molar-refractivity contribution >= 4 is 29.4 Å². The molecule has 6 nitrogen and oxygen atoms in total. The number of benzene rings is 2. The molecule has 1 aliphatic rings. The summed E-state index contributed by atoms with van der Waals surface area (Å²) in [6.45, 7) is 8.55. The van der Waals surface area contributed by atoms with Gasteiger partial charge in [0, 0.05) is 23.7 Å². The fraction of sp³-hybridized carbons (Fsp3) is 0.464. The van der Waals surface area contributed by atoms with Gasteiger partial charge in [-0.15, -0.1) is 0 Å². The largest absolute Gasteiger partial charge is 0.465 e. The third-order valence-corrected chi connectivity index (χ3v) is 7.23. The number of piperidine rings is 1. The standard InChI is InChI=1S/C28H32ClF3N2O4/c1-16(2)23(33-24(35)18-12-19(26(37)38-5)14-20(13-18)28(30,31)32)25(36)34-11-10-22(27(3,4)15-34)17-6-8-21(29)9-7-17/h6-9,12-14,16,22-23H,10-11,15H2,1-5H3,(H,33,35)/t22?,23-/m1/s1. The zero-order valence-corrected chi connectivity index (χ0v) is 22.7. The summed E-state index contributed by atoms with van der Waals surface area (Å²) in [6, 6.07) is 9.00. The number of rotatable bonds is 6. The molecule has 10 heteroatoms. The van der Waals surface area contributed by atoms with E-state index in [4.69, 9.17) is 11.6 Å². The second kappa shape index (κ2) is 11.4. The third kappa shape index (κ3) is 6.67. The maximum absolute atomic E-state index is 13.6. The fourth-order valence-electron chi connectivity index (χ4n) is 4.95. The van der Waals surface area contributed by atoms with Crippen molar-refractivity contribution < 1.29 is 32.3 Å². The lowest BCUT2D eigenvalue weighted by Gasteiger charge is -2.45. The van der Waals surface area contributed by atoms with Crippen LogP contribution in [-0.4, -0.2) is 48.9 Å². The fourth-order valence-corrected chi connectivity index (χ4v) is 5.08. The lowest BCUT2D eigenvalue weighted by Crippen LogP contribution is -2.55. The molecule has 2 amide bonds. The lowest BCUT2D eigenvalue weighted by atomic mass is 9.70. The van der Waals surface area contributed by atoms with E-state index >= 15 is 0 Å². The van der Waals surface area contributed by atoms with Gasteiger partial charge in [0.05, 0.1) is 18.2 Å². The van der Waals surface area contributed by atoms with Gasteiger partial charge >= 0.3 is 12.1 Å². The van der Waals surface area contributed by atoms with Gasteiger partial charge in [-0.25, -0.2) is 4.79 Å². The van der Waals surface area contributed by atoms with Gasteiger partial charge in [-0.3, -0.25) is 9.59 Å². The number of amides is 2. The normalized spacial score (nSPS) is 18.2. The Bertz CT molecular complexity index is 1200. The highest BCUT2D eigenvalue weighted by molar-refractivity contribution is 6.30. The number of likely N-dealkylation sites (tertiary alicyclic amines) is 1. The van der Waals surface area contributed by atoms with E-state index < -0.39 is 35.2 Å². The van der Waals surface area contributed by atoms with Crippen LogP contribution in [0.1, 0.15) is 71.9 Å². The number of nitrogens with zero attached hydrogens (tertiary/aromatic N) is 1. The van der Waals surface area contributed by atoms with Crippen molar-refractivity contribution in [3.63, 3.8) is 0 Å². The molecule has 1 heterocycles. The minimum Gasteiger partial charge on any atom is -0.465 e. The number of halogens is 4. The van der Waals surface area contributed by atoms with Gasteiger partial charge < -0.3 is 15.0 Å². The van der Waals surface area contributed by atoms with E-state index in [-0.39, 0.29) is 28.7 Å². The second-order valence-corrected chi connectivity index (χ2v) is 11.1.